The molecule has 2 N–H and O–H groups in total. The molecule has 2 nitrogen and oxygen atoms in total. The largest absolute Gasteiger partial charge is 0.393 e. The molecular weight excluding hydrogens is 114 g/mol. The Hall–Kier alpha value is -0.0800. The van der Waals surface area contributed by atoms with E-state index in [1.807, 2.05) is 0 Å². The topological polar surface area (TPSA) is 32.3 Å². The van der Waals surface area contributed by atoms with Crippen LogP contribution in [-0.2, 0) is 0 Å². The summed E-state index contributed by atoms with van der Waals surface area (Å²) >= 11 is 0. The van der Waals surface area contributed by atoms with Crippen LogP contribution in [0.5, 0.6) is 0 Å². The van der Waals surface area contributed by atoms with Gasteiger partial charge in [-0.15, -0.1) is 0 Å². The molecule has 0 amide bonds. The summed E-state index contributed by atoms with van der Waals surface area (Å²) in [4.78, 5) is 0. The summed E-state index contributed by atoms with van der Waals surface area (Å²) in [6, 6.07) is 0.480. The van der Waals surface area contributed by atoms with Crippen LogP contribution in [0.3, 0.4) is 0 Å². The lowest BCUT2D eigenvalue weighted by Crippen LogP contribution is -2.45. The van der Waals surface area contributed by atoms with E-state index in [0.29, 0.717) is 12.0 Å². The van der Waals surface area contributed by atoms with Crippen molar-refractivity contribution in [3.63, 3.8) is 0 Å². The molecule has 0 aliphatic carbocycles. The van der Waals surface area contributed by atoms with Gasteiger partial charge in [-0.1, -0.05) is 6.92 Å². The van der Waals surface area contributed by atoms with E-state index < -0.39 is 0 Å². The van der Waals surface area contributed by atoms with Crippen molar-refractivity contribution < 1.29 is 5.11 Å². The van der Waals surface area contributed by atoms with Crippen molar-refractivity contribution in [1.29, 1.82) is 0 Å². The average molecular weight is 129 g/mol. The summed E-state index contributed by atoms with van der Waals surface area (Å²) in [7, 11) is 0. The lowest BCUT2D eigenvalue weighted by atomic mass is 9.91. The minimum Gasteiger partial charge on any atom is -0.393 e. The van der Waals surface area contributed by atoms with Crippen molar-refractivity contribution >= 4 is 0 Å². The van der Waals surface area contributed by atoms with E-state index in [4.69, 9.17) is 0 Å². The van der Waals surface area contributed by atoms with E-state index in [1.54, 1.807) is 0 Å². The highest BCUT2D eigenvalue weighted by Crippen LogP contribution is 2.15. The lowest BCUT2D eigenvalue weighted by molar-refractivity contribution is 0.0661. The second-order valence-electron chi connectivity index (χ2n) is 2.96. The summed E-state index contributed by atoms with van der Waals surface area (Å²) in [5.41, 5.74) is 0. The average Bonchev–Trinajstić information content (AvgIpc) is 1.83. The monoisotopic (exact) mass is 129 g/mol. The first kappa shape index (κ1) is 7.03. The van der Waals surface area contributed by atoms with E-state index in [-0.39, 0.29) is 6.10 Å². The second kappa shape index (κ2) is 2.67. The molecule has 0 unspecified atom stereocenters. The Kier molecular flexibility index (Phi) is 2.09. The zero-order chi connectivity index (χ0) is 6.85. The number of hydrogen-bond donors (Lipinski definition) is 2. The van der Waals surface area contributed by atoms with Crippen LogP contribution >= 0.6 is 0 Å². The third kappa shape index (κ3) is 1.43. The second-order valence-corrected chi connectivity index (χ2v) is 2.96. The number of rotatable bonds is 0. The van der Waals surface area contributed by atoms with Gasteiger partial charge in [0.15, 0.2) is 0 Å². The van der Waals surface area contributed by atoms with Crippen LogP contribution in [0.15, 0.2) is 0 Å². The number of nitrogens with one attached hydrogen (secondary N) is 1. The Morgan fingerprint density at radius 1 is 1.44 bits per heavy atom. The molecule has 3 atom stereocenters. The molecule has 9 heavy (non-hydrogen) atoms. The Morgan fingerprint density at radius 3 is 2.56 bits per heavy atom. The van der Waals surface area contributed by atoms with Gasteiger partial charge in [0.05, 0.1) is 6.10 Å². The fraction of sp³-hybridized carbons (Fsp3) is 1.00. The Morgan fingerprint density at radius 2 is 2.11 bits per heavy atom. The minimum atomic E-state index is -0.0822. The number of piperidine rings is 1. The van der Waals surface area contributed by atoms with Crippen molar-refractivity contribution in [2.24, 2.45) is 5.92 Å². The molecule has 0 aromatic heterocycles. The maximum absolute atomic E-state index is 9.31. The SMILES string of the molecule is C[C@@H]1[C@H](O)CCN[C@H]1C. The van der Waals surface area contributed by atoms with Crippen molar-refractivity contribution in [2.75, 3.05) is 6.54 Å². The third-order valence-electron chi connectivity index (χ3n) is 2.30. The van der Waals surface area contributed by atoms with Crippen LogP contribution < -0.4 is 5.32 Å². The summed E-state index contributed by atoms with van der Waals surface area (Å²) in [6.07, 6.45) is 0.826. The normalized spacial score (nSPS) is 45.0. The fourth-order valence-electron chi connectivity index (χ4n) is 1.24. The van der Waals surface area contributed by atoms with Gasteiger partial charge in [0, 0.05) is 6.04 Å². The maximum atomic E-state index is 9.31. The van der Waals surface area contributed by atoms with E-state index >= 15 is 0 Å². The molecule has 1 heterocycles. The summed E-state index contributed by atoms with van der Waals surface area (Å²) in [5, 5.41) is 12.6. The third-order valence-corrected chi connectivity index (χ3v) is 2.30. The van der Waals surface area contributed by atoms with E-state index in [2.05, 4.69) is 19.2 Å². The predicted molar refractivity (Wildman–Crippen MR) is 37.3 cm³/mol. The van der Waals surface area contributed by atoms with Crippen LogP contribution in [-0.4, -0.2) is 23.8 Å². The highest BCUT2D eigenvalue weighted by atomic mass is 16.3. The number of hydrogen-bond acceptors (Lipinski definition) is 2. The first-order valence-corrected chi connectivity index (χ1v) is 3.63. The smallest absolute Gasteiger partial charge is 0.0592 e. The molecule has 0 aromatic rings. The molecule has 0 radical (unpaired) electrons. The van der Waals surface area contributed by atoms with Gasteiger partial charge in [-0.3, -0.25) is 0 Å². The van der Waals surface area contributed by atoms with Crippen molar-refractivity contribution in [1.82, 2.24) is 5.32 Å². The molecule has 1 aliphatic rings. The van der Waals surface area contributed by atoms with E-state index in [9.17, 15) is 5.11 Å². The van der Waals surface area contributed by atoms with Gasteiger partial charge in [0.1, 0.15) is 0 Å². The molecule has 2 heteroatoms. The Bertz CT molecular complexity index is 84.9. The van der Waals surface area contributed by atoms with Gasteiger partial charge in [-0.2, -0.15) is 0 Å². The molecule has 0 spiro atoms. The first-order valence-electron chi connectivity index (χ1n) is 3.63. The maximum Gasteiger partial charge on any atom is 0.0592 e. The highest BCUT2D eigenvalue weighted by Gasteiger charge is 2.23. The fourth-order valence-corrected chi connectivity index (χ4v) is 1.24. The highest BCUT2D eigenvalue weighted by molar-refractivity contribution is 4.80. The first-order chi connectivity index (χ1) is 4.22. The summed E-state index contributed by atoms with van der Waals surface area (Å²) in [5.74, 6) is 0.416. The van der Waals surface area contributed by atoms with Crippen LogP contribution in [0.2, 0.25) is 0 Å². The molecule has 54 valence electrons. The number of aliphatic hydroxyl groups excluding tert-OH is 1. The summed E-state index contributed by atoms with van der Waals surface area (Å²) < 4.78 is 0. The lowest BCUT2D eigenvalue weighted by Gasteiger charge is -2.31. The standard InChI is InChI=1S/C7H15NO/c1-5-6(2)8-4-3-7(5)9/h5-9H,3-4H2,1-2H3/t5-,6-,7+/m0/s1. The molecule has 0 aromatic carbocycles. The van der Waals surface area contributed by atoms with E-state index in [0.717, 1.165) is 13.0 Å². The predicted octanol–water partition coefficient (Wildman–Crippen LogP) is 0.365. The van der Waals surface area contributed by atoms with E-state index in [1.165, 1.54) is 0 Å². The Labute approximate surface area is 56.3 Å². The molecule has 1 rings (SSSR count). The molecule has 1 fully saturated rings. The quantitative estimate of drug-likeness (QED) is 0.495. The molecule has 0 saturated carbocycles. The van der Waals surface area contributed by atoms with Crippen molar-refractivity contribution in [3.8, 4) is 0 Å². The van der Waals surface area contributed by atoms with Gasteiger partial charge < -0.3 is 10.4 Å². The van der Waals surface area contributed by atoms with Gasteiger partial charge in [0.2, 0.25) is 0 Å². The van der Waals surface area contributed by atoms with Crippen molar-refractivity contribution in [3.05, 3.63) is 0 Å². The van der Waals surface area contributed by atoms with Gasteiger partial charge in [-0.25, -0.2) is 0 Å². The van der Waals surface area contributed by atoms with Gasteiger partial charge in [0.25, 0.3) is 0 Å². The van der Waals surface area contributed by atoms with Crippen LogP contribution in [0.25, 0.3) is 0 Å². The molecule has 0 bridgehead atoms. The minimum absolute atomic E-state index is 0.0822. The Balaban J connectivity index is 2.41. The van der Waals surface area contributed by atoms with Gasteiger partial charge in [-0.05, 0) is 25.8 Å². The van der Waals surface area contributed by atoms with Crippen LogP contribution in [0.4, 0.5) is 0 Å². The molecular formula is C7H15NO. The zero-order valence-electron chi connectivity index (χ0n) is 6.09. The van der Waals surface area contributed by atoms with Gasteiger partial charge >= 0.3 is 0 Å². The van der Waals surface area contributed by atoms with Crippen LogP contribution in [0.1, 0.15) is 20.3 Å². The zero-order valence-corrected chi connectivity index (χ0v) is 6.09. The number of aliphatic hydroxyl groups is 1. The molecule has 1 saturated heterocycles. The molecule has 1 aliphatic heterocycles. The van der Waals surface area contributed by atoms with Crippen LogP contribution in [0, 0.1) is 5.92 Å². The summed E-state index contributed by atoms with van der Waals surface area (Å²) in [6.45, 7) is 5.17. The van der Waals surface area contributed by atoms with Crippen molar-refractivity contribution in [2.45, 2.75) is 32.4 Å².